The van der Waals surface area contributed by atoms with Gasteiger partial charge in [0.15, 0.2) is 11.5 Å². The Kier molecular flexibility index (Phi) is 9.31. The van der Waals surface area contributed by atoms with Crippen molar-refractivity contribution in [1.82, 2.24) is 5.32 Å². The van der Waals surface area contributed by atoms with Gasteiger partial charge in [0.2, 0.25) is 5.91 Å². The Balaban J connectivity index is 1.93. The molecule has 2 rings (SSSR count). The van der Waals surface area contributed by atoms with Crippen molar-refractivity contribution in [1.29, 1.82) is 0 Å². The van der Waals surface area contributed by atoms with E-state index in [-0.39, 0.29) is 19.1 Å². The van der Waals surface area contributed by atoms with E-state index >= 15 is 0 Å². The zero-order chi connectivity index (χ0) is 21.8. The Hall–Kier alpha value is -3.41. The molecule has 2 aromatic rings. The van der Waals surface area contributed by atoms with E-state index in [4.69, 9.17) is 27.1 Å². The van der Waals surface area contributed by atoms with Crippen LogP contribution >= 0.6 is 0 Å². The van der Waals surface area contributed by atoms with E-state index in [9.17, 15) is 4.79 Å². The van der Waals surface area contributed by atoms with Gasteiger partial charge in [0, 0.05) is 13.0 Å². The van der Waals surface area contributed by atoms with E-state index in [0.717, 1.165) is 16.7 Å². The lowest BCUT2D eigenvalue weighted by atomic mass is 10.1. The predicted octanol–water partition coefficient (Wildman–Crippen LogP) is 2.94. The first-order valence-electron chi connectivity index (χ1n) is 9.69. The first kappa shape index (κ1) is 22.9. The predicted molar refractivity (Wildman–Crippen MR) is 117 cm³/mol. The minimum atomic E-state index is -0.641. The van der Waals surface area contributed by atoms with Gasteiger partial charge in [0.1, 0.15) is 19.3 Å². The zero-order valence-corrected chi connectivity index (χ0v) is 17.4. The number of carbonyl (C=O) groups excluding carboxylic acids is 1. The fraction of sp³-hybridized carbons (Fsp3) is 0.320. The van der Waals surface area contributed by atoms with Gasteiger partial charge in [-0.3, -0.25) is 4.79 Å². The van der Waals surface area contributed by atoms with Gasteiger partial charge in [0.25, 0.3) is 0 Å². The molecule has 0 aliphatic carbocycles. The average molecular weight is 405 g/mol. The number of aryl methyl sites for hydroxylation is 1. The van der Waals surface area contributed by atoms with Crippen LogP contribution in [0.1, 0.15) is 16.7 Å². The standard InChI is InChI=1S/C25H27NO4/c1-5-15-29-22-12-11-21(17-23(22)28-4)13-14-26-25(27)24(30-16-6-2)18-20-9-7-19(3)8-10-20/h1-2,7-12,17,24H,13-16,18H2,3-4H3,(H,26,27). The Morgan fingerprint density at radius 3 is 2.40 bits per heavy atom. The van der Waals surface area contributed by atoms with Gasteiger partial charge >= 0.3 is 0 Å². The summed E-state index contributed by atoms with van der Waals surface area (Å²) in [6, 6.07) is 13.6. The molecule has 0 aliphatic heterocycles. The van der Waals surface area contributed by atoms with E-state index in [1.165, 1.54) is 0 Å². The maximum Gasteiger partial charge on any atom is 0.249 e. The number of hydrogen-bond donors (Lipinski definition) is 1. The highest BCUT2D eigenvalue weighted by Gasteiger charge is 2.19. The van der Waals surface area contributed by atoms with Gasteiger partial charge in [-0.15, -0.1) is 12.8 Å². The molecule has 0 spiro atoms. The minimum Gasteiger partial charge on any atom is -0.493 e. The van der Waals surface area contributed by atoms with Crippen LogP contribution in [0.4, 0.5) is 0 Å². The molecule has 5 heteroatoms. The van der Waals surface area contributed by atoms with Crippen molar-refractivity contribution in [3.8, 4) is 36.2 Å². The van der Waals surface area contributed by atoms with E-state index in [1.54, 1.807) is 7.11 Å². The van der Waals surface area contributed by atoms with Gasteiger partial charge in [-0.05, 0) is 36.6 Å². The molecule has 0 aromatic heterocycles. The summed E-state index contributed by atoms with van der Waals surface area (Å²) in [6.45, 7) is 2.73. The molecule has 1 N–H and O–H groups in total. The van der Waals surface area contributed by atoms with Crippen molar-refractivity contribution < 1.29 is 19.0 Å². The van der Waals surface area contributed by atoms with Crippen LogP contribution in [0, 0.1) is 31.6 Å². The molecule has 1 amide bonds. The normalized spacial score (nSPS) is 11.1. The number of nitrogens with one attached hydrogen (secondary N) is 1. The number of methoxy groups -OCH3 is 1. The molecular formula is C25H27NO4. The minimum absolute atomic E-state index is 0.0836. The molecule has 0 saturated heterocycles. The second-order valence-corrected chi connectivity index (χ2v) is 6.71. The van der Waals surface area contributed by atoms with Crippen LogP contribution in [0.15, 0.2) is 42.5 Å². The lowest BCUT2D eigenvalue weighted by Crippen LogP contribution is -2.39. The lowest BCUT2D eigenvalue weighted by Gasteiger charge is -2.17. The topological polar surface area (TPSA) is 56.8 Å². The van der Waals surface area contributed by atoms with Gasteiger partial charge < -0.3 is 19.5 Å². The second kappa shape index (κ2) is 12.2. The summed E-state index contributed by atoms with van der Waals surface area (Å²) in [7, 11) is 1.57. The van der Waals surface area contributed by atoms with Crippen molar-refractivity contribution >= 4 is 5.91 Å². The third-order valence-electron chi connectivity index (χ3n) is 4.45. The number of ether oxygens (including phenoxy) is 3. The van der Waals surface area contributed by atoms with E-state index < -0.39 is 6.10 Å². The fourth-order valence-electron chi connectivity index (χ4n) is 2.86. The van der Waals surface area contributed by atoms with E-state index in [1.807, 2.05) is 49.4 Å². The van der Waals surface area contributed by atoms with Crippen LogP contribution in [-0.2, 0) is 22.4 Å². The second-order valence-electron chi connectivity index (χ2n) is 6.71. The van der Waals surface area contributed by atoms with Crippen LogP contribution < -0.4 is 14.8 Å². The van der Waals surface area contributed by atoms with Crippen molar-refractivity contribution in [2.75, 3.05) is 26.9 Å². The molecule has 1 atom stereocenters. The molecule has 1 unspecified atom stereocenters. The summed E-state index contributed by atoms with van der Waals surface area (Å²) in [4.78, 5) is 12.6. The average Bonchev–Trinajstić information content (AvgIpc) is 2.76. The largest absolute Gasteiger partial charge is 0.493 e. The SMILES string of the molecule is C#CCOc1ccc(CCNC(=O)C(Cc2ccc(C)cc2)OCC#C)cc1OC. The summed E-state index contributed by atoms with van der Waals surface area (Å²) in [6.07, 6.45) is 11.0. The molecule has 0 saturated carbocycles. The Labute approximate surface area is 178 Å². The number of amides is 1. The Bertz CT molecular complexity index is 906. The molecule has 0 aliphatic rings. The lowest BCUT2D eigenvalue weighted by molar-refractivity contribution is -0.131. The summed E-state index contributed by atoms with van der Waals surface area (Å²) in [5, 5.41) is 2.93. The monoisotopic (exact) mass is 405 g/mol. The molecule has 0 bridgehead atoms. The van der Waals surface area contributed by atoms with Crippen molar-refractivity contribution in [3.05, 3.63) is 59.2 Å². The van der Waals surface area contributed by atoms with Crippen LogP contribution in [-0.4, -0.2) is 38.9 Å². The number of terminal acetylenes is 2. The number of benzene rings is 2. The Morgan fingerprint density at radius 1 is 1.03 bits per heavy atom. The van der Waals surface area contributed by atoms with Crippen LogP contribution in [0.25, 0.3) is 0 Å². The van der Waals surface area contributed by atoms with E-state index in [2.05, 4.69) is 17.2 Å². The third kappa shape index (κ3) is 7.20. The quantitative estimate of drug-likeness (QED) is 0.584. The maximum atomic E-state index is 12.6. The molecular weight excluding hydrogens is 378 g/mol. The molecule has 0 fully saturated rings. The number of carbonyl (C=O) groups is 1. The van der Waals surface area contributed by atoms with Gasteiger partial charge in [-0.25, -0.2) is 0 Å². The Morgan fingerprint density at radius 2 is 1.73 bits per heavy atom. The van der Waals surface area contributed by atoms with Crippen LogP contribution in [0.5, 0.6) is 11.5 Å². The maximum absolute atomic E-state index is 12.6. The highest BCUT2D eigenvalue weighted by molar-refractivity contribution is 5.81. The van der Waals surface area contributed by atoms with Gasteiger partial charge in [0.05, 0.1) is 7.11 Å². The van der Waals surface area contributed by atoms with Gasteiger partial charge in [-0.2, -0.15) is 0 Å². The smallest absolute Gasteiger partial charge is 0.249 e. The molecule has 156 valence electrons. The fourth-order valence-corrected chi connectivity index (χ4v) is 2.86. The van der Waals surface area contributed by atoms with Crippen molar-refractivity contribution in [2.24, 2.45) is 0 Å². The summed E-state index contributed by atoms with van der Waals surface area (Å²) >= 11 is 0. The summed E-state index contributed by atoms with van der Waals surface area (Å²) < 4.78 is 16.4. The first-order valence-corrected chi connectivity index (χ1v) is 9.69. The molecule has 0 heterocycles. The summed E-state index contributed by atoms with van der Waals surface area (Å²) in [5.74, 6) is 5.85. The van der Waals surface area contributed by atoms with Crippen molar-refractivity contribution in [2.45, 2.75) is 25.9 Å². The van der Waals surface area contributed by atoms with Crippen LogP contribution in [0.3, 0.4) is 0 Å². The number of hydrogen-bond acceptors (Lipinski definition) is 4. The molecule has 0 radical (unpaired) electrons. The van der Waals surface area contributed by atoms with Crippen LogP contribution in [0.2, 0.25) is 0 Å². The zero-order valence-electron chi connectivity index (χ0n) is 17.4. The first-order chi connectivity index (χ1) is 14.6. The molecule has 2 aromatic carbocycles. The third-order valence-corrected chi connectivity index (χ3v) is 4.45. The number of rotatable bonds is 11. The highest BCUT2D eigenvalue weighted by Crippen LogP contribution is 2.28. The van der Waals surface area contributed by atoms with Gasteiger partial charge in [-0.1, -0.05) is 47.7 Å². The molecule has 30 heavy (non-hydrogen) atoms. The summed E-state index contributed by atoms with van der Waals surface area (Å²) in [5.41, 5.74) is 3.18. The van der Waals surface area contributed by atoms with E-state index in [0.29, 0.717) is 30.9 Å². The highest BCUT2D eigenvalue weighted by atomic mass is 16.5. The van der Waals surface area contributed by atoms with Crippen molar-refractivity contribution in [3.63, 3.8) is 0 Å². The molecule has 5 nitrogen and oxygen atoms in total.